The Balaban J connectivity index is 3.19. The molecule has 0 rings (SSSR count). The van der Waals surface area contributed by atoms with E-state index in [1.165, 1.54) is 89.9 Å². The first-order chi connectivity index (χ1) is 14.2. The van der Waals surface area contributed by atoms with Crippen LogP contribution in [0.1, 0.15) is 122 Å². The third kappa shape index (κ3) is 23.5. The molecule has 0 radical (unpaired) electrons. The van der Waals surface area contributed by atoms with Crippen LogP contribution in [0.25, 0.3) is 0 Å². The molecule has 4 nitrogen and oxygen atoms in total. The van der Waals surface area contributed by atoms with Crippen LogP contribution in [0.15, 0.2) is 0 Å². The fourth-order valence-electron chi connectivity index (χ4n) is 3.80. The highest BCUT2D eigenvalue weighted by molar-refractivity contribution is 5.75. The topological polar surface area (TPSA) is 58.4 Å². The molecule has 174 valence electrons. The number of hydrogen-bond acceptors (Lipinski definition) is 3. The predicted octanol–water partition coefficient (Wildman–Crippen LogP) is 6.03. The minimum Gasteiger partial charge on any atom is -0.356 e. The summed E-state index contributed by atoms with van der Waals surface area (Å²) >= 11 is 0. The highest BCUT2D eigenvalue weighted by Gasteiger charge is 2.02. The summed E-state index contributed by atoms with van der Waals surface area (Å²) in [4.78, 5) is 14.1. The molecular formula is C25H53N3O. The second kappa shape index (κ2) is 23.7. The fraction of sp³-hybridized carbons (Fsp3) is 0.960. The molecule has 3 N–H and O–H groups in total. The van der Waals surface area contributed by atoms with E-state index in [0.29, 0.717) is 6.42 Å². The van der Waals surface area contributed by atoms with Gasteiger partial charge in [-0.25, -0.2) is 0 Å². The van der Waals surface area contributed by atoms with Gasteiger partial charge in [0.15, 0.2) is 0 Å². The molecule has 0 spiro atoms. The molecule has 0 saturated carbocycles. The van der Waals surface area contributed by atoms with E-state index in [2.05, 4.69) is 24.2 Å². The minimum absolute atomic E-state index is 0.226. The number of nitrogens with two attached hydrogens (primary N) is 1. The van der Waals surface area contributed by atoms with E-state index in [-0.39, 0.29) is 5.91 Å². The first-order valence-electron chi connectivity index (χ1n) is 12.9. The van der Waals surface area contributed by atoms with Crippen LogP contribution >= 0.6 is 0 Å². The Bertz CT molecular complexity index is 336. The van der Waals surface area contributed by atoms with Gasteiger partial charge in [-0.3, -0.25) is 4.79 Å². The van der Waals surface area contributed by atoms with Gasteiger partial charge in [0.2, 0.25) is 5.91 Å². The molecule has 29 heavy (non-hydrogen) atoms. The molecule has 0 aliphatic carbocycles. The smallest absolute Gasteiger partial charge is 0.219 e. The zero-order valence-electron chi connectivity index (χ0n) is 20.0. The van der Waals surface area contributed by atoms with Gasteiger partial charge in [-0.2, -0.15) is 0 Å². The van der Waals surface area contributed by atoms with Gasteiger partial charge >= 0.3 is 0 Å². The third-order valence-corrected chi connectivity index (χ3v) is 5.79. The quantitative estimate of drug-likeness (QED) is 0.202. The van der Waals surface area contributed by atoms with Crippen molar-refractivity contribution in [3.8, 4) is 0 Å². The van der Waals surface area contributed by atoms with Gasteiger partial charge in [0.05, 0.1) is 0 Å². The number of amides is 1. The molecule has 0 unspecified atom stereocenters. The molecule has 0 aromatic carbocycles. The molecule has 4 heteroatoms. The van der Waals surface area contributed by atoms with Crippen molar-refractivity contribution in [3.05, 3.63) is 0 Å². The van der Waals surface area contributed by atoms with E-state index in [4.69, 9.17) is 5.73 Å². The van der Waals surface area contributed by atoms with Crippen LogP contribution < -0.4 is 11.1 Å². The Labute approximate surface area is 182 Å². The van der Waals surface area contributed by atoms with E-state index in [1.807, 2.05) is 0 Å². The lowest BCUT2D eigenvalue weighted by Gasteiger charge is -2.15. The lowest BCUT2D eigenvalue weighted by molar-refractivity contribution is -0.121. The summed E-state index contributed by atoms with van der Waals surface area (Å²) in [6.07, 6.45) is 23.2. The predicted molar refractivity (Wildman–Crippen MR) is 128 cm³/mol. The van der Waals surface area contributed by atoms with Crippen molar-refractivity contribution < 1.29 is 4.79 Å². The summed E-state index contributed by atoms with van der Waals surface area (Å²) < 4.78 is 0. The number of hydrogen-bond donors (Lipinski definition) is 2. The standard InChI is InChI=1S/C25H53N3O/c1-3-4-5-6-7-8-9-10-11-12-13-14-15-16-17-20-25(29)27-22-19-24-28(2)23-18-21-26/h3-24,26H2,1-2H3,(H,27,29). The molecule has 0 fully saturated rings. The van der Waals surface area contributed by atoms with Crippen LogP contribution in [0.5, 0.6) is 0 Å². The maximum absolute atomic E-state index is 11.9. The van der Waals surface area contributed by atoms with Crippen LogP contribution in [0.4, 0.5) is 0 Å². The summed E-state index contributed by atoms with van der Waals surface area (Å²) in [5.41, 5.74) is 5.52. The SMILES string of the molecule is CCCCCCCCCCCCCCCCCC(=O)NCCCN(C)CCCN. The van der Waals surface area contributed by atoms with Crippen molar-refractivity contribution in [1.82, 2.24) is 10.2 Å². The van der Waals surface area contributed by atoms with Crippen molar-refractivity contribution in [2.45, 2.75) is 122 Å². The van der Waals surface area contributed by atoms with Gasteiger partial charge < -0.3 is 16.0 Å². The van der Waals surface area contributed by atoms with E-state index < -0.39 is 0 Å². The van der Waals surface area contributed by atoms with E-state index in [0.717, 1.165) is 45.4 Å². The molecule has 0 aliphatic heterocycles. The maximum atomic E-state index is 11.9. The Morgan fingerprint density at radius 2 is 1.14 bits per heavy atom. The first kappa shape index (κ1) is 28.4. The molecule has 1 amide bonds. The number of carbonyl (C=O) groups excluding carboxylic acids is 1. The lowest BCUT2D eigenvalue weighted by atomic mass is 10.0. The van der Waals surface area contributed by atoms with Crippen molar-refractivity contribution in [2.75, 3.05) is 33.2 Å². The highest BCUT2D eigenvalue weighted by Crippen LogP contribution is 2.13. The van der Waals surface area contributed by atoms with Gasteiger partial charge in [-0.1, -0.05) is 96.8 Å². The van der Waals surface area contributed by atoms with Gasteiger partial charge in [0.25, 0.3) is 0 Å². The molecule has 0 aliphatic rings. The Hall–Kier alpha value is -0.610. The number of carbonyl (C=O) groups is 1. The molecule has 0 bridgehead atoms. The molecule has 0 aromatic heterocycles. The van der Waals surface area contributed by atoms with Crippen molar-refractivity contribution >= 4 is 5.91 Å². The van der Waals surface area contributed by atoms with Crippen molar-refractivity contribution in [1.29, 1.82) is 0 Å². The number of rotatable bonds is 23. The Morgan fingerprint density at radius 1 is 0.690 bits per heavy atom. The third-order valence-electron chi connectivity index (χ3n) is 5.79. The van der Waals surface area contributed by atoms with Gasteiger partial charge in [-0.15, -0.1) is 0 Å². The normalized spacial score (nSPS) is 11.3. The average Bonchev–Trinajstić information content (AvgIpc) is 2.72. The van der Waals surface area contributed by atoms with Crippen molar-refractivity contribution in [3.63, 3.8) is 0 Å². The minimum atomic E-state index is 0.226. The highest BCUT2D eigenvalue weighted by atomic mass is 16.1. The summed E-state index contributed by atoms with van der Waals surface area (Å²) in [6.45, 7) is 5.90. The van der Waals surface area contributed by atoms with Gasteiger partial charge in [0, 0.05) is 13.0 Å². The van der Waals surface area contributed by atoms with E-state index in [9.17, 15) is 4.79 Å². The summed E-state index contributed by atoms with van der Waals surface area (Å²) in [6, 6.07) is 0. The van der Waals surface area contributed by atoms with Crippen LogP contribution in [-0.2, 0) is 4.79 Å². The molecule has 0 heterocycles. The number of unbranched alkanes of at least 4 members (excludes halogenated alkanes) is 14. The average molecular weight is 412 g/mol. The molecule has 0 atom stereocenters. The van der Waals surface area contributed by atoms with Gasteiger partial charge in [-0.05, 0) is 45.9 Å². The second-order valence-electron chi connectivity index (χ2n) is 8.85. The van der Waals surface area contributed by atoms with E-state index in [1.54, 1.807) is 0 Å². The molecular weight excluding hydrogens is 358 g/mol. The van der Waals surface area contributed by atoms with Gasteiger partial charge in [0.1, 0.15) is 0 Å². The number of nitrogens with zero attached hydrogens (tertiary/aromatic N) is 1. The van der Waals surface area contributed by atoms with Crippen LogP contribution in [0, 0.1) is 0 Å². The first-order valence-corrected chi connectivity index (χ1v) is 12.9. The van der Waals surface area contributed by atoms with E-state index >= 15 is 0 Å². The summed E-state index contributed by atoms with van der Waals surface area (Å²) in [5, 5.41) is 3.05. The van der Waals surface area contributed by atoms with Crippen LogP contribution in [-0.4, -0.2) is 44.0 Å². The van der Waals surface area contributed by atoms with Crippen LogP contribution in [0.3, 0.4) is 0 Å². The number of nitrogens with one attached hydrogen (secondary N) is 1. The monoisotopic (exact) mass is 411 g/mol. The Kier molecular flexibility index (Phi) is 23.2. The Morgan fingerprint density at radius 3 is 1.62 bits per heavy atom. The fourth-order valence-corrected chi connectivity index (χ4v) is 3.80. The molecule has 0 aromatic rings. The van der Waals surface area contributed by atoms with Crippen molar-refractivity contribution in [2.24, 2.45) is 5.73 Å². The lowest BCUT2D eigenvalue weighted by Crippen LogP contribution is -2.29. The molecule has 0 saturated heterocycles. The van der Waals surface area contributed by atoms with Crippen LogP contribution in [0.2, 0.25) is 0 Å². The second-order valence-corrected chi connectivity index (χ2v) is 8.85. The zero-order chi connectivity index (χ0) is 21.4. The maximum Gasteiger partial charge on any atom is 0.219 e. The largest absolute Gasteiger partial charge is 0.356 e. The summed E-state index contributed by atoms with van der Waals surface area (Å²) in [7, 11) is 2.12. The zero-order valence-corrected chi connectivity index (χ0v) is 20.0. The summed E-state index contributed by atoms with van der Waals surface area (Å²) in [5.74, 6) is 0.226.